The first-order valence-electron chi connectivity index (χ1n) is 13.6. The van der Waals surface area contributed by atoms with E-state index in [9.17, 15) is 9.59 Å². The van der Waals surface area contributed by atoms with Crippen LogP contribution in [-0.4, -0.2) is 75.3 Å². The van der Waals surface area contributed by atoms with Gasteiger partial charge in [0.1, 0.15) is 17.1 Å². The van der Waals surface area contributed by atoms with Crippen LogP contribution in [0, 0.1) is 0 Å². The first-order chi connectivity index (χ1) is 19.7. The summed E-state index contributed by atoms with van der Waals surface area (Å²) in [5.74, 6) is 0.416. The molecule has 3 aromatic heterocycles. The van der Waals surface area contributed by atoms with Gasteiger partial charge < -0.3 is 29.6 Å². The van der Waals surface area contributed by atoms with E-state index in [1.54, 1.807) is 16.5 Å². The Balaban J connectivity index is 1.18. The predicted octanol–water partition coefficient (Wildman–Crippen LogP) is 4.16. The topological polar surface area (TPSA) is 126 Å². The van der Waals surface area contributed by atoms with E-state index in [0.29, 0.717) is 44.2 Å². The van der Waals surface area contributed by atoms with Crippen molar-refractivity contribution >= 4 is 40.1 Å². The second kappa shape index (κ2) is 12.6. The average Bonchev–Trinajstić information content (AvgIpc) is 3.60. The molecule has 0 saturated carbocycles. The number of H-pyrrole nitrogens is 1. The number of amides is 2. The molecular formula is C29H35N7O4S. The number of hydrogen-bond acceptors (Lipinski definition) is 9. The lowest BCUT2D eigenvalue weighted by molar-refractivity contribution is 0.0231. The average molecular weight is 578 g/mol. The van der Waals surface area contributed by atoms with E-state index < -0.39 is 11.7 Å². The third-order valence-electron chi connectivity index (χ3n) is 6.42. The summed E-state index contributed by atoms with van der Waals surface area (Å²) in [5.41, 5.74) is 3.40. The van der Waals surface area contributed by atoms with Crippen molar-refractivity contribution in [1.29, 1.82) is 0 Å². The van der Waals surface area contributed by atoms with Gasteiger partial charge in [0.2, 0.25) is 0 Å². The number of rotatable bonds is 9. The third kappa shape index (κ3) is 7.80. The molecule has 1 aliphatic heterocycles. The van der Waals surface area contributed by atoms with Crippen LogP contribution in [0.3, 0.4) is 0 Å². The summed E-state index contributed by atoms with van der Waals surface area (Å²) in [6.45, 7) is 9.53. The van der Waals surface area contributed by atoms with Gasteiger partial charge in [-0.25, -0.2) is 14.8 Å². The second-order valence-electron chi connectivity index (χ2n) is 10.8. The van der Waals surface area contributed by atoms with E-state index in [1.807, 2.05) is 57.3 Å². The van der Waals surface area contributed by atoms with Crippen LogP contribution in [0.2, 0.25) is 0 Å². The molecule has 2 N–H and O–H groups in total. The number of carbonyl (C=O) groups excluding carboxylic acids is 2. The van der Waals surface area contributed by atoms with Gasteiger partial charge in [0.15, 0.2) is 0 Å². The van der Waals surface area contributed by atoms with E-state index in [0.717, 1.165) is 40.4 Å². The maximum Gasteiger partial charge on any atom is 0.410 e. The maximum absolute atomic E-state index is 13.0. The van der Waals surface area contributed by atoms with Gasteiger partial charge in [0.05, 0.1) is 47.7 Å². The summed E-state index contributed by atoms with van der Waals surface area (Å²) < 4.78 is 11.1. The number of para-hydroxylation sites is 2. The standard InChI is InChI=1S/C29H35N7O4S/c1-29(2,3)40-28(38)36(18-25-32-22-6-4-5-7-23(22)33-25)9-8-26-34-24(19-41-26)27(37)31-16-20-14-21(17-30-15-20)35-10-12-39-13-11-35/h4-7,14-15,17,19H,8-13,16,18H2,1-3H3,(H,31,37)(H,32,33). The number of benzene rings is 1. The van der Waals surface area contributed by atoms with Crippen molar-refractivity contribution < 1.29 is 19.1 Å². The van der Waals surface area contributed by atoms with E-state index >= 15 is 0 Å². The first kappa shape index (κ1) is 28.5. The molecule has 2 amide bonds. The van der Waals surface area contributed by atoms with Crippen LogP contribution in [0.5, 0.6) is 0 Å². The number of carbonyl (C=O) groups is 2. The Morgan fingerprint density at radius 3 is 2.76 bits per heavy atom. The van der Waals surface area contributed by atoms with Crippen molar-refractivity contribution in [2.75, 3.05) is 37.7 Å². The van der Waals surface area contributed by atoms with Crippen LogP contribution in [0.25, 0.3) is 11.0 Å². The highest BCUT2D eigenvalue weighted by Gasteiger charge is 2.24. The Bertz CT molecular complexity index is 1460. The number of morpholine rings is 1. The van der Waals surface area contributed by atoms with Crippen LogP contribution >= 0.6 is 11.3 Å². The van der Waals surface area contributed by atoms with Crippen molar-refractivity contribution in [2.45, 2.75) is 45.9 Å². The van der Waals surface area contributed by atoms with Gasteiger partial charge in [0.25, 0.3) is 5.91 Å². The number of fused-ring (bicyclic) bond motifs is 1. The van der Waals surface area contributed by atoms with Gasteiger partial charge in [-0.15, -0.1) is 11.3 Å². The molecule has 4 aromatic rings. The monoisotopic (exact) mass is 577 g/mol. The summed E-state index contributed by atoms with van der Waals surface area (Å²) in [4.78, 5) is 46.4. The Hall–Kier alpha value is -4.03. The molecule has 0 radical (unpaired) electrons. The highest BCUT2D eigenvalue weighted by atomic mass is 32.1. The molecule has 0 unspecified atom stereocenters. The molecule has 41 heavy (non-hydrogen) atoms. The van der Waals surface area contributed by atoms with Crippen LogP contribution in [0.15, 0.2) is 48.1 Å². The molecule has 0 aliphatic carbocycles. The number of ether oxygens (including phenoxy) is 2. The molecule has 4 heterocycles. The van der Waals surface area contributed by atoms with Crippen LogP contribution < -0.4 is 10.2 Å². The smallest absolute Gasteiger partial charge is 0.410 e. The van der Waals surface area contributed by atoms with Crippen molar-refractivity contribution in [3.63, 3.8) is 0 Å². The number of hydrogen-bond donors (Lipinski definition) is 2. The molecular weight excluding hydrogens is 542 g/mol. The van der Waals surface area contributed by atoms with E-state index in [4.69, 9.17) is 9.47 Å². The Kier molecular flexibility index (Phi) is 8.79. The third-order valence-corrected chi connectivity index (χ3v) is 7.33. The number of anilines is 1. The van der Waals surface area contributed by atoms with Gasteiger partial charge in [-0.3, -0.25) is 9.78 Å². The molecule has 11 nitrogen and oxygen atoms in total. The number of nitrogens with one attached hydrogen (secondary N) is 2. The van der Waals surface area contributed by atoms with Crippen molar-refractivity contribution in [3.05, 3.63) is 70.2 Å². The lowest BCUT2D eigenvalue weighted by Gasteiger charge is -2.28. The summed E-state index contributed by atoms with van der Waals surface area (Å²) in [5, 5.41) is 5.43. The molecule has 12 heteroatoms. The minimum Gasteiger partial charge on any atom is -0.444 e. The molecule has 1 aromatic carbocycles. The first-order valence-corrected chi connectivity index (χ1v) is 14.5. The van der Waals surface area contributed by atoms with Gasteiger partial charge in [-0.1, -0.05) is 12.1 Å². The number of aromatic amines is 1. The predicted molar refractivity (Wildman–Crippen MR) is 157 cm³/mol. The van der Waals surface area contributed by atoms with Crippen LogP contribution in [-0.2, 0) is 29.0 Å². The zero-order valence-corrected chi connectivity index (χ0v) is 24.4. The molecule has 1 aliphatic rings. The summed E-state index contributed by atoms with van der Waals surface area (Å²) >= 11 is 1.39. The Morgan fingerprint density at radius 2 is 1.98 bits per heavy atom. The molecule has 5 rings (SSSR count). The van der Waals surface area contributed by atoms with Gasteiger partial charge in [-0.05, 0) is 44.5 Å². The minimum atomic E-state index is -0.632. The molecule has 1 saturated heterocycles. The molecule has 0 bridgehead atoms. The Morgan fingerprint density at radius 1 is 1.17 bits per heavy atom. The molecule has 0 atom stereocenters. The van der Waals surface area contributed by atoms with E-state index in [-0.39, 0.29) is 12.5 Å². The zero-order chi connectivity index (χ0) is 28.8. The molecule has 216 valence electrons. The van der Waals surface area contributed by atoms with Crippen molar-refractivity contribution in [3.8, 4) is 0 Å². The number of thiazole rings is 1. The SMILES string of the molecule is CC(C)(C)OC(=O)N(CCc1nc(C(=O)NCc2cncc(N3CCOCC3)c2)cs1)Cc1nc2ccccc2[nH]1. The van der Waals surface area contributed by atoms with Crippen LogP contribution in [0.1, 0.15) is 47.7 Å². The van der Waals surface area contributed by atoms with Crippen LogP contribution in [0.4, 0.5) is 10.5 Å². The fourth-order valence-electron chi connectivity index (χ4n) is 4.42. The molecule has 0 spiro atoms. The normalized spacial score (nSPS) is 13.8. The van der Waals surface area contributed by atoms with Gasteiger partial charge >= 0.3 is 6.09 Å². The second-order valence-corrected chi connectivity index (χ2v) is 11.8. The lowest BCUT2D eigenvalue weighted by Crippen LogP contribution is -2.38. The summed E-state index contributed by atoms with van der Waals surface area (Å²) in [6, 6.07) is 9.77. The van der Waals surface area contributed by atoms with Gasteiger partial charge in [-0.2, -0.15) is 0 Å². The van der Waals surface area contributed by atoms with E-state index in [2.05, 4.69) is 30.2 Å². The number of aromatic nitrogens is 4. The lowest BCUT2D eigenvalue weighted by atomic mass is 10.2. The highest BCUT2D eigenvalue weighted by Crippen LogP contribution is 2.18. The zero-order valence-electron chi connectivity index (χ0n) is 23.6. The van der Waals surface area contributed by atoms with Crippen molar-refractivity contribution in [2.24, 2.45) is 0 Å². The minimum absolute atomic E-state index is 0.254. The summed E-state index contributed by atoms with van der Waals surface area (Å²) in [6.07, 6.45) is 3.63. The fourth-order valence-corrected chi connectivity index (χ4v) is 5.19. The van der Waals surface area contributed by atoms with E-state index in [1.165, 1.54) is 11.3 Å². The number of imidazole rings is 1. The van der Waals surface area contributed by atoms with Crippen molar-refractivity contribution in [1.82, 2.24) is 30.2 Å². The van der Waals surface area contributed by atoms with Gasteiger partial charge in [0, 0.05) is 44.2 Å². The largest absolute Gasteiger partial charge is 0.444 e. The summed E-state index contributed by atoms with van der Waals surface area (Å²) in [7, 11) is 0. The molecule has 1 fully saturated rings. The highest BCUT2D eigenvalue weighted by molar-refractivity contribution is 7.09. The quantitative estimate of drug-likeness (QED) is 0.304. The Labute approximate surface area is 242 Å². The maximum atomic E-state index is 13.0. The number of nitrogens with zero attached hydrogens (tertiary/aromatic N) is 5. The fraction of sp³-hybridized carbons (Fsp3) is 0.414. The number of pyridine rings is 1.